The van der Waals surface area contributed by atoms with Crippen LogP contribution in [0.25, 0.3) is 0 Å². The molecule has 0 amide bonds. The summed E-state index contributed by atoms with van der Waals surface area (Å²) in [5.41, 5.74) is 6.13. The molecule has 2 rings (SSSR count). The minimum atomic E-state index is -0.247. The monoisotopic (exact) mass is 213 g/mol. The van der Waals surface area contributed by atoms with E-state index in [9.17, 15) is 4.79 Å². The Morgan fingerprint density at radius 2 is 2.36 bits per heavy atom. The summed E-state index contributed by atoms with van der Waals surface area (Å²) in [7, 11) is 0. The van der Waals surface area contributed by atoms with Crippen LogP contribution in [0.1, 0.15) is 24.6 Å². The molecule has 14 heavy (non-hydrogen) atoms. The highest BCUT2D eigenvalue weighted by atomic mass is 35.5. The minimum Gasteiger partial charge on any atom is -0.330 e. The third kappa shape index (κ3) is 1.81. The van der Waals surface area contributed by atoms with Gasteiger partial charge in [-0.2, -0.15) is 4.98 Å². The molecule has 1 aliphatic carbocycles. The molecule has 1 heterocycles. The molecule has 76 valence electrons. The fourth-order valence-electron chi connectivity index (χ4n) is 1.57. The van der Waals surface area contributed by atoms with E-state index in [1.807, 2.05) is 0 Å². The minimum absolute atomic E-state index is 0.247. The van der Waals surface area contributed by atoms with E-state index in [0.29, 0.717) is 19.0 Å². The lowest BCUT2D eigenvalue weighted by atomic mass is 10.3. The predicted molar refractivity (Wildman–Crippen MR) is 54.5 cm³/mol. The van der Waals surface area contributed by atoms with Crippen LogP contribution in [0.3, 0.4) is 0 Å². The van der Waals surface area contributed by atoms with Crippen molar-refractivity contribution in [2.75, 3.05) is 6.54 Å². The van der Waals surface area contributed by atoms with E-state index >= 15 is 0 Å². The molecule has 1 fully saturated rings. The fraction of sp³-hybridized carbons (Fsp3) is 0.556. The van der Waals surface area contributed by atoms with Crippen molar-refractivity contribution in [1.29, 1.82) is 0 Å². The van der Waals surface area contributed by atoms with Crippen LogP contribution in [0.2, 0.25) is 5.15 Å². The highest BCUT2D eigenvalue weighted by Crippen LogP contribution is 2.34. The molecule has 0 radical (unpaired) electrons. The summed E-state index contributed by atoms with van der Waals surface area (Å²) < 4.78 is 1.72. The summed E-state index contributed by atoms with van der Waals surface area (Å²) in [6, 6.07) is 2.06. The number of nitrogens with two attached hydrogens (primary N) is 1. The first-order valence-corrected chi connectivity index (χ1v) is 5.08. The van der Waals surface area contributed by atoms with Gasteiger partial charge in [0.2, 0.25) is 0 Å². The molecule has 5 heteroatoms. The molecule has 0 aliphatic heterocycles. The van der Waals surface area contributed by atoms with Crippen LogP contribution < -0.4 is 11.4 Å². The molecule has 0 unspecified atom stereocenters. The molecule has 0 atom stereocenters. The van der Waals surface area contributed by atoms with E-state index in [0.717, 1.165) is 18.5 Å². The Balaban J connectivity index is 2.47. The van der Waals surface area contributed by atoms with Crippen molar-refractivity contribution in [3.8, 4) is 0 Å². The number of hydrogen-bond donors (Lipinski definition) is 1. The maximum atomic E-state index is 11.5. The van der Waals surface area contributed by atoms with Gasteiger partial charge in [0.1, 0.15) is 5.15 Å². The molecular weight excluding hydrogens is 202 g/mol. The average molecular weight is 214 g/mol. The summed E-state index contributed by atoms with van der Waals surface area (Å²) >= 11 is 5.72. The molecule has 0 spiro atoms. The zero-order valence-electron chi connectivity index (χ0n) is 7.74. The van der Waals surface area contributed by atoms with E-state index < -0.39 is 0 Å². The Bertz CT molecular complexity index is 398. The lowest BCUT2D eigenvalue weighted by Crippen LogP contribution is -2.26. The molecule has 4 nitrogen and oxygen atoms in total. The Morgan fingerprint density at radius 1 is 1.64 bits per heavy atom. The lowest BCUT2D eigenvalue weighted by molar-refractivity contribution is 0.633. The highest BCUT2D eigenvalue weighted by molar-refractivity contribution is 6.29. The summed E-state index contributed by atoms with van der Waals surface area (Å²) in [5.74, 6) is 0. The molecule has 1 aromatic heterocycles. The van der Waals surface area contributed by atoms with Gasteiger partial charge in [0.05, 0.1) is 0 Å². The van der Waals surface area contributed by atoms with E-state index in [-0.39, 0.29) is 10.8 Å². The van der Waals surface area contributed by atoms with Crippen molar-refractivity contribution in [2.45, 2.75) is 25.3 Å². The van der Waals surface area contributed by atoms with Crippen LogP contribution in [-0.2, 0) is 6.42 Å². The zero-order valence-corrected chi connectivity index (χ0v) is 8.50. The van der Waals surface area contributed by atoms with Gasteiger partial charge in [-0.1, -0.05) is 11.6 Å². The molecule has 0 bridgehead atoms. The van der Waals surface area contributed by atoms with Crippen LogP contribution >= 0.6 is 11.6 Å². The summed E-state index contributed by atoms with van der Waals surface area (Å²) in [4.78, 5) is 15.3. The maximum Gasteiger partial charge on any atom is 0.349 e. The van der Waals surface area contributed by atoms with Crippen molar-refractivity contribution in [2.24, 2.45) is 5.73 Å². The SMILES string of the molecule is NCCc1cc(Cl)nc(=O)n1C1CC1. The first kappa shape index (κ1) is 9.68. The van der Waals surface area contributed by atoms with Gasteiger partial charge in [0, 0.05) is 18.2 Å². The largest absolute Gasteiger partial charge is 0.349 e. The molecule has 2 N–H and O–H groups in total. The van der Waals surface area contributed by atoms with Crippen LogP contribution in [0, 0.1) is 0 Å². The Hall–Kier alpha value is -0.870. The second-order valence-electron chi connectivity index (χ2n) is 3.49. The summed E-state index contributed by atoms with van der Waals surface area (Å²) in [6.45, 7) is 0.520. The number of aromatic nitrogens is 2. The first-order chi connectivity index (χ1) is 6.72. The van der Waals surface area contributed by atoms with Gasteiger partial charge in [0.25, 0.3) is 0 Å². The van der Waals surface area contributed by atoms with Gasteiger partial charge in [-0.3, -0.25) is 4.57 Å². The van der Waals surface area contributed by atoms with Gasteiger partial charge in [0.15, 0.2) is 0 Å². The van der Waals surface area contributed by atoms with Crippen molar-refractivity contribution >= 4 is 11.6 Å². The standard InChI is InChI=1S/C9H12ClN3O/c10-8-5-7(3-4-11)13(6-1-2-6)9(14)12-8/h5-6H,1-4,11H2. The third-order valence-electron chi connectivity index (χ3n) is 2.32. The van der Waals surface area contributed by atoms with Crippen LogP contribution in [0.15, 0.2) is 10.9 Å². The maximum absolute atomic E-state index is 11.5. The van der Waals surface area contributed by atoms with Crippen molar-refractivity contribution in [3.63, 3.8) is 0 Å². The normalized spacial score (nSPS) is 15.9. The molecule has 1 saturated carbocycles. The number of rotatable bonds is 3. The Morgan fingerprint density at radius 3 is 2.93 bits per heavy atom. The lowest BCUT2D eigenvalue weighted by Gasteiger charge is -2.10. The molecule has 1 aliphatic rings. The van der Waals surface area contributed by atoms with E-state index in [1.54, 1.807) is 10.6 Å². The van der Waals surface area contributed by atoms with Crippen molar-refractivity contribution in [3.05, 3.63) is 27.4 Å². The fourth-order valence-corrected chi connectivity index (χ4v) is 1.77. The highest BCUT2D eigenvalue weighted by Gasteiger charge is 2.27. The smallest absolute Gasteiger partial charge is 0.330 e. The molecule has 1 aromatic rings. The predicted octanol–water partition coefficient (Wildman–Crippen LogP) is 0.733. The van der Waals surface area contributed by atoms with E-state index in [4.69, 9.17) is 17.3 Å². The van der Waals surface area contributed by atoms with E-state index in [2.05, 4.69) is 4.98 Å². The van der Waals surface area contributed by atoms with Gasteiger partial charge in [-0.05, 0) is 25.5 Å². The van der Waals surface area contributed by atoms with Crippen LogP contribution in [0.4, 0.5) is 0 Å². The summed E-state index contributed by atoms with van der Waals surface area (Å²) in [5, 5.41) is 0.260. The van der Waals surface area contributed by atoms with Gasteiger partial charge >= 0.3 is 5.69 Å². The van der Waals surface area contributed by atoms with E-state index in [1.165, 1.54) is 0 Å². The quantitative estimate of drug-likeness (QED) is 0.754. The Labute approximate surface area is 86.7 Å². The molecular formula is C9H12ClN3O. The van der Waals surface area contributed by atoms with Gasteiger partial charge in [-0.25, -0.2) is 4.79 Å². The number of hydrogen-bond acceptors (Lipinski definition) is 3. The van der Waals surface area contributed by atoms with Crippen LogP contribution in [-0.4, -0.2) is 16.1 Å². The number of nitrogens with zero attached hydrogens (tertiary/aromatic N) is 2. The number of halogens is 1. The zero-order chi connectivity index (χ0) is 10.1. The Kier molecular flexibility index (Phi) is 2.56. The van der Waals surface area contributed by atoms with Crippen molar-refractivity contribution in [1.82, 2.24) is 9.55 Å². The average Bonchev–Trinajstić information content (AvgIpc) is 2.87. The summed E-state index contributed by atoms with van der Waals surface area (Å²) in [6.07, 6.45) is 2.79. The van der Waals surface area contributed by atoms with Gasteiger partial charge in [-0.15, -0.1) is 0 Å². The topological polar surface area (TPSA) is 60.9 Å². The second-order valence-corrected chi connectivity index (χ2v) is 3.88. The third-order valence-corrected chi connectivity index (χ3v) is 2.51. The van der Waals surface area contributed by atoms with Crippen molar-refractivity contribution < 1.29 is 0 Å². The molecule has 0 saturated heterocycles. The van der Waals surface area contributed by atoms with Crippen LogP contribution in [0.5, 0.6) is 0 Å². The second kappa shape index (κ2) is 3.71. The molecule has 0 aromatic carbocycles. The van der Waals surface area contributed by atoms with Gasteiger partial charge < -0.3 is 5.73 Å². The first-order valence-electron chi connectivity index (χ1n) is 4.70.